The summed E-state index contributed by atoms with van der Waals surface area (Å²) in [6, 6.07) is 0.172. The lowest BCUT2D eigenvalue weighted by Gasteiger charge is -2.28. The average Bonchev–Trinajstić information content (AvgIpc) is 2.79. The average molecular weight is 267 g/mol. The number of aromatic nitrogens is 2. The molecule has 19 heavy (non-hydrogen) atoms. The van der Waals surface area contributed by atoms with Gasteiger partial charge in [0.1, 0.15) is 5.60 Å². The van der Waals surface area contributed by atoms with Crippen molar-refractivity contribution in [1.29, 1.82) is 0 Å². The molecule has 3 unspecified atom stereocenters. The Morgan fingerprint density at radius 1 is 1.58 bits per heavy atom. The molecule has 5 heteroatoms. The zero-order valence-corrected chi connectivity index (χ0v) is 12.5. The van der Waals surface area contributed by atoms with Gasteiger partial charge in [-0.1, -0.05) is 0 Å². The van der Waals surface area contributed by atoms with Gasteiger partial charge in [-0.3, -0.25) is 4.68 Å². The number of hydrogen-bond acceptors (Lipinski definition) is 4. The van der Waals surface area contributed by atoms with Crippen molar-refractivity contribution < 1.29 is 9.84 Å². The molecule has 1 aliphatic rings. The summed E-state index contributed by atoms with van der Waals surface area (Å²) in [6.45, 7) is 9.32. The maximum atomic E-state index is 10.5. The lowest BCUT2D eigenvalue weighted by atomic mass is 9.95. The fraction of sp³-hybridized carbons (Fsp3) is 0.786. The lowest BCUT2D eigenvalue weighted by molar-refractivity contribution is -0.0274. The molecule has 108 valence electrons. The Balaban J connectivity index is 2.03. The van der Waals surface area contributed by atoms with E-state index in [1.807, 2.05) is 25.6 Å². The minimum atomic E-state index is -0.752. The van der Waals surface area contributed by atoms with Crippen molar-refractivity contribution in [2.75, 3.05) is 13.2 Å². The van der Waals surface area contributed by atoms with E-state index in [2.05, 4.69) is 24.3 Å². The van der Waals surface area contributed by atoms with Gasteiger partial charge in [0, 0.05) is 43.9 Å². The molecular weight excluding hydrogens is 242 g/mol. The Hall–Kier alpha value is -0.910. The third-order valence-corrected chi connectivity index (χ3v) is 4.37. The lowest BCUT2D eigenvalue weighted by Crippen LogP contribution is -2.46. The zero-order chi connectivity index (χ0) is 14.2. The highest BCUT2D eigenvalue weighted by atomic mass is 16.5. The molecule has 0 aromatic carbocycles. The third kappa shape index (κ3) is 2.68. The molecule has 2 heterocycles. The summed E-state index contributed by atoms with van der Waals surface area (Å²) in [7, 11) is 1.96. The molecule has 1 fully saturated rings. The molecular formula is C14H25N3O2. The van der Waals surface area contributed by atoms with Gasteiger partial charge in [-0.2, -0.15) is 5.10 Å². The topological polar surface area (TPSA) is 59.3 Å². The summed E-state index contributed by atoms with van der Waals surface area (Å²) in [6.07, 6.45) is 0.585. The van der Waals surface area contributed by atoms with Crippen molar-refractivity contribution in [3.63, 3.8) is 0 Å². The van der Waals surface area contributed by atoms with Crippen LogP contribution in [0.5, 0.6) is 0 Å². The quantitative estimate of drug-likeness (QED) is 0.861. The van der Waals surface area contributed by atoms with Gasteiger partial charge in [0.25, 0.3) is 0 Å². The van der Waals surface area contributed by atoms with Gasteiger partial charge in [-0.05, 0) is 27.7 Å². The van der Waals surface area contributed by atoms with E-state index in [0.717, 1.165) is 5.69 Å². The molecule has 0 spiro atoms. The first-order valence-electron chi connectivity index (χ1n) is 6.92. The second-order valence-corrected chi connectivity index (χ2v) is 5.68. The summed E-state index contributed by atoms with van der Waals surface area (Å²) < 4.78 is 7.35. The van der Waals surface area contributed by atoms with Crippen molar-refractivity contribution in [3.8, 4) is 0 Å². The highest BCUT2D eigenvalue weighted by molar-refractivity contribution is 5.27. The first kappa shape index (κ1) is 14.5. The monoisotopic (exact) mass is 267 g/mol. The molecule has 0 amide bonds. The standard InChI is InChI=1S/C14H25N3O2/c1-9(13-10(2)16-17(5)11(13)3)15-8-14(18)6-7-19-12(14)4/h9,12,15,18H,6-8H2,1-5H3. The van der Waals surface area contributed by atoms with Crippen LogP contribution in [-0.2, 0) is 11.8 Å². The van der Waals surface area contributed by atoms with E-state index in [4.69, 9.17) is 4.74 Å². The summed E-state index contributed by atoms with van der Waals surface area (Å²) in [4.78, 5) is 0. The van der Waals surface area contributed by atoms with Crippen molar-refractivity contribution >= 4 is 0 Å². The van der Waals surface area contributed by atoms with E-state index in [0.29, 0.717) is 19.6 Å². The van der Waals surface area contributed by atoms with E-state index in [-0.39, 0.29) is 12.1 Å². The Labute approximate surface area is 115 Å². The number of nitrogens with one attached hydrogen (secondary N) is 1. The van der Waals surface area contributed by atoms with Crippen LogP contribution in [0.4, 0.5) is 0 Å². The molecule has 1 aromatic heterocycles. The van der Waals surface area contributed by atoms with Gasteiger partial charge >= 0.3 is 0 Å². The molecule has 3 atom stereocenters. The first-order chi connectivity index (χ1) is 8.85. The number of nitrogens with zero attached hydrogens (tertiary/aromatic N) is 2. The van der Waals surface area contributed by atoms with Crippen molar-refractivity contribution in [1.82, 2.24) is 15.1 Å². The number of hydrogen-bond donors (Lipinski definition) is 2. The second kappa shape index (κ2) is 5.23. The van der Waals surface area contributed by atoms with Crippen LogP contribution < -0.4 is 5.32 Å². The molecule has 5 nitrogen and oxygen atoms in total. The third-order valence-electron chi connectivity index (χ3n) is 4.37. The molecule has 0 aliphatic carbocycles. The fourth-order valence-electron chi connectivity index (χ4n) is 2.85. The van der Waals surface area contributed by atoms with Gasteiger partial charge in [-0.15, -0.1) is 0 Å². The normalized spacial score (nSPS) is 28.8. The smallest absolute Gasteiger partial charge is 0.105 e. The molecule has 0 saturated carbocycles. The van der Waals surface area contributed by atoms with Gasteiger partial charge < -0.3 is 15.2 Å². The molecule has 2 rings (SSSR count). The minimum absolute atomic E-state index is 0.108. The Morgan fingerprint density at radius 2 is 2.26 bits per heavy atom. The van der Waals surface area contributed by atoms with E-state index in [1.165, 1.54) is 11.3 Å². The molecule has 2 N–H and O–H groups in total. The number of aliphatic hydroxyl groups is 1. The summed E-state index contributed by atoms with van der Waals surface area (Å²) >= 11 is 0. The Kier molecular flexibility index (Phi) is 3.99. The zero-order valence-electron chi connectivity index (χ0n) is 12.5. The van der Waals surface area contributed by atoms with Crippen LogP contribution in [-0.4, -0.2) is 39.7 Å². The second-order valence-electron chi connectivity index (χ2n) is 5.68. The Morgan fingerprint density at radius 3 is 2.74 bits per heavy atom. The molecule has 1 aliphatic heterocycles. The van der Waals surface area contributed by atoms with Crippen LogP contribution in [0.2, 0.25) is 0 Å². The van der Waals surface area contributed by atoms with E-state index < -0.39 is 5.60 Å². The Bertz CT molecular complexity index is 458. The SMILES string of the molecule is Cc1nn(C)c(C)c1C(C)NCC1(O)CCOC1C. The summed E-state index contributed by atoms with van der Waals surface area (Å²) in [5.41, 5.74) is 2.68. The predicted molar refractivity (Wildman–Crippen MR) is 74.1 cm³/mol. The van der Waals surface area contributed by atoms with Gasteiger partial charge in [0.2, 0.25) is 0 Å². The highest BCUT2D eigenvalue weighted by Crippen LogP contribution is 2.27. The summed E-state index contributed by atoms with van der Waals surface area (Å²) in [5.74, 6) is 0. The molecule has 1 aromatic rings. The van der Waals surface area contributed by atoms with Crippen molar-refractivity contribution in [2.45, 2.75) is 51.9 Å². The number of rotatable bonds is 4. The molecule has 0 radical (unpaired) electrons. The van der Waals surface area contributed by atoms with Crippen LogP contribution in [0.15, 0.2) is 0 Å². The van der Waals surface area contributed by atoms with Crippen molar-refractivity contribution in [2.24, 2.45) is 7.05 Å². The molecule has 1 saturated heterocycles. The number of ether oxygens (including phenoxy) is 1. The maximum Gasteiger partial charge on any atom is 0.105 e. The van der Waals surface area contributed by atoms with Crippen LogP contribution >= 0.6 is 0 Å². The van der Waals surface area contributed by atoms with Gasteiger partial charge in [0.15, 0.2) is 0 Å². The van der Waals surface area contributed by atoms with E-state index in [9.17, 15) is 5.11 Å². The number of aryl methyl sites for hydroxylation is 2. The van der Waals surface area contributed by atoms with Crippen LogP contribution in [0.25, 0.3) is 0 Å². The van der Waals surface area contributed by atoms with Crippen LogP contribution in [0, 0.1) is 13.8 Å². The maximum absolute atomic E-state index is 10.5. The first-order valence-corrected chi connectivity index (χ1v) is 6.92. The molecule has 0 bridgehead atoms. The van der Waals surface area contributed by atoms with Crippen LogP contribution in [0.1, 0.15) is 43.3 Å². The largest absolute Gasteiger partial charge is 0.386 e. The van der Waals surface area contributed by atoms with Crippen LogP contribution in [0.3, 0.4) is 0 Å². The minimum Gasteiger partial charge on any atom is -0.386 e. The van der Waals surface area contributed by atoms with Crippen molar-refractivity contribution in [3.05, 3.63) is 17.0 Å². The fourth-order valence-corrected chi connectivity index (χ4v) is 2.85. The summed E-state index contributed by atoms with van der Waals surface area (Å²) in [5, 5.41) is 18.3. The van der Waals surface area contributed by atoms with E-state index >= 15 is 0 Å². The van der Waals surface area contributed by atoms with E-state index in [1.54, 1.807) is 0 Å². The predicted octanol–water partition coefficient (Wildman–Crippen LogP) is 1.23. The highest BCUT2D eigenvalue weighted by Gasteiger charge is 2.39. The van der Waals surface area contributed by atoms with Gasteiger partial charge in [-0.25, -0.2) is 0 Å². The van der Waals surface area contributed by atoms with Gasteiger partial charge in [0.05, 0.1) is 11.8 Å².